The van der Waals surface area contributed by atoms with Crippen LogP contribution < -0.4 is 5.32 Å². The molecule has 0 fully saturated rings. The first-order chi connectivity index (χ1) is 29.0. The van der Waals surface area contributed by atoms with Crippen LogP contribution in [0.15, 0.2) is 24.3 Å². The molecule has 6 heteroatoms. The van der Waals surface area contributed by atoms with Crippen molar-refractivity contribution in [3.8, 4) is 0 Å². The summed E-state index contributed by atoms with van der Waals surface area (Å²) in [6.07, 6.45) is 57.6. The van der Waals surface area contributed by atoms with E-state index in [-0.39, 0.29) is 18.5 Å². The van der Waals surface area contributed by atoms with Crippen molar-refractivity contribution in [2.45, 2.75) is 289 Å². The predicted octanol–water partition coefficient (Wildman–Crippen LogP) is 15.5. The molecular formula is C53H101NO5. The highest BCUT2D eigenvalue weighted by molar-refractivity contribution is 5.76. The van der Waals surface area contributed by atoms with Crippen molar-refractivity contribution in [1.82, 2.24) is 5.32 Å². The first-order valence-corrected chi connectivity index (χ1v) is 26.1. The van der Waals surface area contributed by atoms with Gasteiger partial charge in [-0.2, -0.15) is 0 Å². The van der Waals surface area contributed by atoms with Gasteiger partial charge in [-0.15, -0.1) is 0 Å². The second kappa shape index (κ2) is 49.0. The van der Waals surface area contributed by atoms with E-state index in [2.05, 4.69) is 31.3 Å². The van der Waals surface area contributed by atoms with Gasteiger partial charge in [0.1, 0.15) is 0 Å². The fourth-order valence-corrected chi connectivity index (χ4v) is 7.92. The Morgan fingerprint density at radius 3 is 1.20 bits per heavy atom. The summed E-state index contributed by atoms with van der Waals surface area (Å²) in [4.78, 5) is 24.3. The zero-order chi connectivity index (χ0) is 43.0. The van der Waals surface area contributed by atoms with Crippen LogP contribution in [0.3, 0.4) is 0 Å². The number of aliphatic hydroxyl groups is 2. The van der Waals surface area contributed by atoms with E-state index >= 15 is 0 Å². The summed E-state index contributed by atoms with van der Waals surface area (Å²) in [5.41, 5.74) is 0. The third-order valence-electron chi connectivity index (χ3n) is 12.0. The van der Waals surface area contributed by atoms with Crippen LogP contribution in [0.2, 0.25) is 0 Å². The molecule has 0 aliphatic heterocycles. The molecule has 348 valence electrons. The van der Waals surface area contributed by atoms with E-state index in [1.54, 1.807) is 6.08 Å². The number of ether oxygens (including phenoxy) is 1. The molecule has 1 amide bonds. The largest absolute Gasteiger partial charge is 0.466 e. The molecule has 0 bridgehead atoms. The monoisotopic (exact) mass is 832 g/mol. The van der Waals surface area contributed by atoms with Gasteiger partial charge in [0.25, 0.3) is 0 Å². The molecule has 0 aliphatic carbocycles. The SMILES string of the molecule is CCCCCCCCCC/C=C/C(O)C(CO)NC(=O)CCCCCCCCC/C=C\CCCCCCCCCCCCOC(=O)CCCCCCCCCCCCC. The van der Waals surface area contributed by atoms with Gasteiger partial charge in [-0.3, -0.25) is 9.59 Å². The maximum absolute atomic E-state index is 12.4. The van der Waals surface area contributed by atoms with Crippen LogP contribution in [0.5, 0.6) is 0 Å². The van der Waals surface area contributed by atoms with Gasteiger partial charge in [0.2, 0.25) is 5.91 Å². The first-order valence-electron chi connectivity index (χ1n) is 26.1. The fourth-order valence-electron chi connectivity index (χ4n) is 7.92. The molecule has 0 aromatic carbocycles. The summed E-state index contributed by atoms with van der Waals surface area (Å²) in [7, 11) is 0. The van der Waals surface area contributed by atoms with Crippen LogP contribution in [0.25, 0.3) is 0 Å². The van der Waals surface area contributed by atoms with Gasteiger partial charge in [0.05, 0.1) is 25.4 Å². The number of aliphatic hydroxyl groups excluding tert-OH is 2. The molecule has 0 aliphatic rings. The van der Waals surface area contributed by atoms with Crippen molar-refractivity contribution in [2.24, 2.45) is 0 Å². The highest BCUT2D eigenvalue weighted by Gasteiger charge is 2.18. The van der Waals surface area contributed by atoms with Crippen molar-refractivity contribution in [1.29, 1.82) is 0 Å². The minimum Gasteiger partial charge on any atom is -0.466 e. The average molecular weight is 832 g/mol. The molecular weight excluding hydrogens is 731 g/mol. The average Bonchev–Trinajstić information content (AvgIpc) is 3.24. The summed E-state index contributed by atoms with van der Waals surface area (Å²) < 4.78 is 5.45. The minimum absolute atomic E-state index is 0.00675. The molecule has 6 nitrogen and oxygen atoms in total. The van der Waals surface area contributed by atoms with Gasteiger partial charge in [0.15, 0.2) is 0 Å². The van der Waals surface area contributed by atoms with E-state index in [0.29, 0.717) is 19.4 Å². The van der Waals surface area contributed by atoms with Crippen LogP contribution in [-0.4, -0.2) is 47.4 Å². The molecule has 0 aromatic heterocycles. The molecule has 0 spiro atoms. The summed E-state index contributed by atoms with van der Waals surface area (Å²) in [5, 5.41) is 22.9. The lowest BCUT2D eigenvalue weighted by Gasteiger charge is -2.20. The number of carbonyl (C=O) groups is 2. The minimum atomic E-state index is -0.846. The van der Waals surface area contributed by atoms with Crippen LogP contribution in [-0.2, 0) is 14.3 Å². The lowest BCUT2D eigenvalue weighted by atomic mass is 10.0. The quantitative estimate of drug-likeness (QED) is 0.0322. The summed E-state index contributed by atoms with van der Waals surface area (Å²) in [6, 6.07) is -0.631. The standard InChI is InChI=1S/C53H101NO5/c1-3-5-7-9-11-13-26-31-35-39-43-47-53(58)59-48-44-40-36-32-28-25-23-21-19-17-15-16-18-20-22-24-27-30-34-38-42-46-52(57)54-50(49-55)51(56)45-41-37-33-29-14-12-10-8-6-4-2/h16,18,41,45,50-51,55-56H,3-15,17,19-40,42-44,46-49H2,1-2H3,(H,54,57)/b18-16-,45-41+. The van der Waals surface area contributed by atoms with Gasteiger partial charge >= 0.3 is 5.97 Å². The number of amides is 1. The fraction of sp³-hybridized carbons (Fsp3) is 0.887. The lowest BCUT2D eigenvalue weighted by Crippen LogP contribution is -2.45. The summed E-state index contributed by atoms with van der Waals surface area (Å²) in [6.45, 7) is 4.87. The molecule has 0 aromatic rings. The van der Waals surface area contributed by atoms with E-state index in [1.807, 2.05) is 6.08 Å². The predicted molar refractivity (Wildman–Crippen MR) is 255 cm³/mol. The van der Waals surface area contributed by atoms with E-state index in [9.17, 15) is 19.8 Å². The van der Waals surface area contributed by atoms with Gasteiger partial charge in [-0.1, -0.05) is 231 Å². The van der Waals surface area contributed by atoms with Crippen molar-refractivity contribution < 1.29 is 24.5 Å². The zero-order valence-corrected chi connectivity index (χ0v) is 39.5. The molecule has 3 N–H and O–H groups in total. The Morgan fingerprint density at radius 2 is 0.797 bits per heavy atom. The highest BCUT2D eigenvalue weighted by atomic mass is 16.5. The van der Waals surface area contributed by atoms with Gasteiger partial charge in [0, 0.05) is 12.8 Å². The van der Waals surface area contributed by atoms with E-state index in [0.717, 1.165) is 44.9 Å². The van der Waals surface area contributed by atoms with Gasteiger partial charge in [-0.05, 0) is 57.8 Å². The Bertz CT molecular complexity index is 920. The van der Waals surface area contributed by atoms with Crippen molar-refractivity contribution in [2.75, 3.05) is 13.2 Å². The van der Waals surface area contributed by atoms with Gasteiger partial charge < -0.3 is 20.3 Å². The Hall–Kier alpha value is -1.66. The second-order valence-electron chi connectivity index (χ2n) is 17.9. The summed E-state index contributed by atoms with van der Waals surface area (Å²) in [5.74, 6) is -0.0711. The normalized spacial score (nSPS) is 12.8. The number of unbranched alkanes of at least 4 members (excludes halogenated alkanes) is 35. The molecule has 0 saturated heterocycles. The molecule has 0 rings (SSSR count). The van der Waals surface area contributed by atoms with Crippen molar-refractivity contribution >= 4 is 11.9 Å². The Labute approximate surface area is 367 Å². The number of nitrogens with one attached hydrogen (secondary N) is 1. The molecule has 0 radical (unpaired) electrons. The van der Waals surface area contributed by atoms with Crippen LogP contribution in [0.1, 0.15) is 277 Å². The van der Waals surface area contributed by atoms with E-state index in [1.165, 1.54) is 205 Å². The molecule has 59 heavy (non-hydrogen) atoms. The lowest BCUT2D eigenvalue weighted by molar-refractivity contribution is -0.143. The zero-order valence-electron chi connectivity index (χ0n) is 39.5. The van der Waals surface area contributed by atoms with Crippen LogP contribution in [0.4, 0.5) is 0 Å². The Morgan fingerprint density at radius 1 is 0.458 bits per heavy atom. The third-order valence-corrected chi connectivity index (χ3v) is 12.0. The Balaban J connectivity index is 3.43. The topological polar surface area (TPSA) is 95.9 Å². The van der Waals surface area contributed by atoms with E-state index in [4.69, 9.17) is 4.74 Å². The maximum Gasteiger partial charge on any atom is 0.305 e. The summed E-state index contributed by atoms with van der Waals surface area (Å²) >= 11 is 0. The molecule has 0 saturated carbocycles. The third kappa shape index (κ3) is 45.7. The van der Waals surface area contributed by atoms with Crippen LogP contribution in [0, 0.1) is 0 Å². The van der Waals surface area contributed by atoms with E-state index < -0.39 is 12.1 Å². The highest BCUT2D eigenvalue weighted by Crippen LogP contribution is 2.15. The number of hydrogen-bond donors (Lipinski definition) is 3. The van der Waals surface area contributed by atoms with Gasteiger partial charge in [-0.25, -0.2) is 0 Å². The number of carbonyl (C=O) groups excluding carboxylic acids is 2. The van der Waals surface area contributed by atoms with Crippen molar-refractivity contribution in [3.63, 3.8) is 0 Å². The number of rotatable bonds is 48. The number of esters is 1. The molecule has 0 heterocycles. The van der Waals surface area contributed by atoms with Crippen LogP contribution >= 0.6 is 0 Å². The number of allylic oxidation sites excluding steroid dienone is 3. The Kier molecular flexibility index (Phi) is 47.6. The number of hydrogen-bond acceptors (Lipinski definition) is 5. The first kappa shape index (κ1) is 57.3. The smallest absolute Gasteiger partial charge is 0.305 e. The maximum atomic E-state index is 12.4. The molecule has 2 atom stereocenters. The molecule has 2 unspecified atom stereocenters. The van der Waals surface area contributed by atoms with Crippen molar-refractivity contribution in [3.05, 3.63) is 24.3 Å². The second-order valence-corrected chi connectivity index (χ2v) is 17.9.